The number of benzene rings is 4. The molecule has 5 N–H and O–H groups in total. The van der Waals surface area contributed by atoms with E-state index in [1.54, 1.807) is 71.8 Å². The van der Waals surface area contributed by atoms with Gasteiger partial charge in [-0.05, 0) is 98.0 Å². The Kier molecular flexibility index (Phi) is 11.2. The van der Waals surface area contributed by atoms with Crippen molar-refractivity contribution in [3.8, 4) is 22.9 Å². The van der Waals surface area contributed by atoms with Crippen molar-refractivity contribution in [1.29, 1.82) is 0 Å². The molecule has 14 heteroatoms. The van der Waals surface area contributed by atoms with Crippen LogP contribution >= 0.6 is 15.9 Å². The fourth-order valence-electron chi connectivity index (χ4n) is 8.13. The number of phenolic OH excluding ortho intramolecular Hbond substituents is 1. The molecule has 1 aliphatic heterocycles. The summed E-state index contributed by atoms with van der Waals surface area (Å²) in [5.74, 6) is -1.68. The Morgan fingerprint density at radius 1 is 0.931 bits per heavy atom. The van der Waals surface area contributed by atoms with Gasteiger partial charge in [0.15, 0.2) is 0 Å². The van der Waals surface area contributed by atoms with E-state index in [0.717, 1.165) is 53.2 Å². The number of aliphatic hydroxyl groups excluding tert-OH is 1. The molecule has 0 bridgehead atoms. The number of aliphatic hydroxyl groups is 1. The third-order valence-corrected chi connectivity index (χ3v) is 12.1. The summed E-state index contributed by atoms with van der Waals surface area (Å²) in [6.07, 6.45) is 7.32. The SMILES string of the molecule is O=C(N[C@@H](Cc1c[nH]c2ccc(O)cc12)C(=O)O)c1ccc2c(c1)nc(-c1ccc(OCc3cc(C(=O)N4CCC(O)CC4)ccc3Br)cc1F)n2C1CCCCC1. The van der Waals surface area contributed by atoms with Gasteiger partial charge in [0, 0.05) is 69.9 Å². The normalized spacial score (nSPS) is 15.8. The zero-order valence-corrected chi connectivity index (χ0v) is 33.2. The fraction of sp³-hybridized carbons (Fsp3) is 0.318. The number of carbonyl (C=O) groups excluding carboxylic acids is 2. The molecule has 1 aliphatic carbocycles. The molecule has 6 aromatic rings. The number of aromatic nitrogens is 3. The lowest BCUT2D eigenvalue weighted by atomic mass is 9.94. The van der Waals surface area contributed by atoms with Crippen LogP contribution in [0.2, 0.25) is 0 Å². The quantitative estimate of drug-likeness (QED) is 0.0877. The van der Waals surface area contributed by atoms with Crippen LogP contribution in [0.15, 0.2) is 83.5 Å². The lowest BCUT2D eigenvalue weighted by Crippen LogP contribution is -2.42. The van der Waals surface area contributed by atoms with Crippen LogP contribution in [-0.2, 0) is 17.8 Å². The van der Waals surface area contributed by atoms with Gasteiger partial charge in [0.1, 0.15) is 35.8 Å². The number of phenols is 1. The first-order valence-electron chi connectivity index (χ1n) is 19.6. The van der Waals surface area contributed by atoms with Crippen LogP contribution in [0.4, 0.5) is 4.39 Å². The Bertz CT molecular complexity index is 2520. The van der Waals surface area contributed by atoms with Gasteiger partial charge in [-0.15, -0.1) is 0 Å². The summed E-state index contributed by atoms with van der Waals surface area (Å²) in [4.78, 5) is 48.7. The van der Waals surface area contributed by atoms with E-state index in [1.165, 1.54) is 12.1 Å². The second-order valence-electron chi connectivity index (χ2n) is 15.2. The van der Waals surface area contributed by atoms with E-state index in [-0.39, 0.29) is 48.0 Å². The van der Waals surface area contributed by atoms with Crippen LogP contribution in [0.3, 0.4) is 0 Å². The van der Waals surface area contributed by atoms with Crippen LogP contribution in [0, 0.1) is 5.82 Å². The number of piperidine rings is 1. The van der Waals surface area contributed by atoms with E-state index in [2.05, 4.69) is 30.8 Å². The molecule has 300 valence electrons. The van der Waals surface area contributed by atoms with E-state index in [0.29, 0.717) is 59.5 Å². The second-order valence-corrected chi connectivity index (χ2v) is 16.0. The summed E-state index contributed by atoms with van der Waals surface area (Å²) >= 11 is 3.55. The lowest BCUT2D eigenvalue weighted by Gasteiger charge is -2.29. The molecular weight excluding hydrogens is 809 g/mol. The van der Waals surface area contributed by atoms with Gasteiger partial charge in [-0.3, -0.25) is 9.59 Å². The predicted octanol–water partition coefficient (Wildman–Crippen LogP) is 7.90. The molecule has 2 aromatic heterocycles. The maximum atomic E-state index is 16.2. The molecule has 0 radical (unpaired) electrons. The number of carboxylic acid groups (broad SMARTS) is 1. The van der Waals surface area contributed by atoms with Gasteiger partial charge in [-0.25, -0.2) is 14.2 Å². The minimum absolute atomic E-state index is 0.0132. The molecule has 4 aromatic carbocycles. The van der Waals surface area contributed by atoms with Crippen LogP contribution in [0.1, 0.15) is 82.8 Å². The van der Waals surface area contributed by atoms with E-state index in [4.69, 9.17) is 9.72 Å². The Balaban J connectivity index is 1.03. The van der Waals surface area contributed by atoms with Crippen LogP contribution in [-0.4, -0.2) is 77.8 Å². The van der Waals surface area contributed by atoms with Crippen molar-refractivity contribution in [2.45, 2.75) is 76.2 Å². The maximum Gasteiger partial charge on any atom is 0.326 e. The van der Waals surface area contributed by atoms with Gasteiger partial charge in [0.25, 0.3) is 11.8 Å². The molecule has 0 unspecified atom stereocenters. The number of carboxylic acids is 1. The number of aromatic amines is 1. The number of likely N-dealkylation sites (tertiary alicyclic amines) is 1. The number of amides is 2. The number of carbonyl (C=O) groups is 3. The average Bonchev–Trinajstić information content (AvgIpc) is 3.81. The highest BCUT2D eigenvalue weighted by molar-refractivity contribution is 9.10. The largest absolute Gasteiger partial charge is 0.508 e. The first kappa shape index (κ1) is 39.1. The monoisotopic (exact) mass is 851 g/mol. The molecule has 1 saturated heterocycles. The summed E-state index contributed by atoms with van der Waals surface area (Å²) in [6, 6.07) is 18.6. The Hall–Kier alpha value is -5.73. The van der Waals surface area contributed by atoms with E-state index in [1.807, 2.05) is 0 Å². The minimum atomic E-state index is -1.25. The van der Waals surface area contributed by atoms with Crippen molar-refractivity contribution in [3.63, 3.8) is 0 Å². The third-order valence-electron chi connectivity index (χ3n) is 11.3. The number of aromatic hydroxyl groups is 1. The lowest BCUT2D eigenvalue weighted by molar-refractivity contribution is -0.139. The van der Waals surface area contributed by atoms with Gasteiger partial charge < -0.3 is 39.8 Å². The average molecular weight is 853 g/mol. The topological polar surface area (TPSA) is 170 Å². The minimum Gasteiger partial charge on any atom is -0.508 e. The first-order chi connectivity index (χ1) is 28.0. The zero-order valence-electron chi connectivity index (χ0n) is 31.6. The van der Waals surface area contributed by atoms with Gasteiger partial charge in [0.2, 0.25) is 0 Å². The second kappa shape index (κ2) is 16.6. The van der Waals surface area contributed by atoms with Gasteiger partial charge in [0.05, 0.1) is 22.7 Å². The summed E-state index contributed by atoms with van der Waals surface area (Å²) in [5, 5.41) is 33.2. The molecule has 2 amide bonds. The number of nitrogens with zero attached hydrogens (tertiary/aromatic N) is 3. The maximum absolute atomic E-state index is 16.2. The number of ether oxygens (including phenoxy) is 1. The molecule has 1 saturated carbocycles. The number of hydrogen-bond donors (Lipinski definition) is 5. The summed E-state index contributed by atoms with van der Waals surface area (Å²) < 4.78 is 25.0. The summed E-state index contributed by atoms with van der Waals surface area (Å²) in [7, 11) is 0. The molecular formula is C44H43BrFN5O7. The smallest absolute Gasteiger partial charge is 0.326 e. The number of imidazole rings is 1. The molecule has 8 rings (SSSR count). The van der Waals surface area contributed by atoms with E-state index in [9.17, 15) is 29.7 Å². The highest BCUT2D eigenvalue weighted by Gasteiger charge is 2.27. The predicted molar refractivity (Wildman–Crippen MR) is 219 cm³/mol. The molecule has 2 fully saturated rings. The molecule has 12 nitrogen and oxygen atoms in total. The zero-order chi connectivity index (χ0) is 40.5. The number of hydrogen-bond acceptors (Lipinski definition) is 7. The Labute approximate surface area is 341 Å². The van der Waals surface area contributed by atoms with Crippen LogP contribution < -0.4 is 10.1 Å². The highest BCUT2D eigenvalue weighted by Crippen LogP contribution is 2.38. The van der Waals surface area contributed by atoms with Gasteiger partial charge in [-0.1, -0.05) is 35.2 Å². The third kappa shape index (κ3) is 8.16. The number of rotatable bonds is 11. The number of H-pyrrole nitrogens is 1. The number of aliphatic carboxylic acids is 1. The van der Waals surface area contributed by atoms with Crippen molar-refractivity contribution in [3.05, 3.63) is 112 Å². The van der Waals surface area contributed by atoms with Crippen LogP contribution in [0.25, 0.3) is 33.3 Å². The number of fused-ring (bicyclic) bond motifs is 2. The summed E-state index contributed by atoms with van der Waals surface area (Å²) in [6.45, 7) is 1.07. The number of nitrogens with one attached hydrogen (secondary N) is 2. The van der Waals surface area contributed by atoms with Gasteiger partial charge >= 0.3 is 5.97 Å². The Morgan fingerprint density at radius 2 is 1.71 bits per heavy atom. The van der Waals surface area contributed by atoms with Crippen molar-refractivity contribution in [2.75, 3.05) is 13.1 Å². The van der Waals surface area contributed by atoms with Crippen LogP contribution in [0.5, 0.6) is 11.5 Å². The standard InChI is InChI=1S/C44H43BrFN5O7/c45-35-11-6-26(43(55)50-16-14-30(52)15-17-50)18-28(35)24-58-32-9-10-33(36(46)22-32)41-48-38-19-25(7-13-40(38)51(41)29-4-2-1-3-5-29)42(54)49-39(44(56)57)20-27-23-47-37-12-8-31(53)21-34(27)37/h6-13,18-19,21-23,29-30,39,47,52-53H,1-5,14-17,20,24H2,(H,49,54)(H,56,57)/t39-/m0/s1. The molecule has 2 aliphatic rings. The summed E-state index contributed by atoms with van der Waals surface area (Å²) in [5.41, 5.74) is 4.31. The van der Waals surface area contributed by atoms with E-state index < -0.39 is 23.7 Å². The van der Waals surface area contributed by atoms with Crippen molar-refractivity contribution >= 4 is 55.6 Å². The highest BCUT2D eigenvalue weighted by atomic mass is 79.9. The fourth-order valence-corrected chi connectivity index (χ4v) is 8.49. The first-order valence-corrected chi connectivity index (χ1v) is 20.3. The van der Waals surface area contributed by atoms with Crippen molar-refractivity contribution in [1.82, 2.24) is 24.8 Å². The molecule has 0 spiro atoms. The van der Waals surface area contributed by atoms with Crippen molar-refractivity contribution in [2.24, 2.45) is 0 Å². The molecule has 58 heavy (non-hydrogen) atoms. The van der Waals surface area contributed by atoms with Crippen molar-refractivity contribution < 1.29 is 38.8 Å². The Morgan fingerprint density at radius 3 is 2.47 bits per heavy atom. The van der Waals surface area contributed by atoms with Gasteiger partial charge in [-0.2, -0.15) is 0 Å². The van der Waals surface area contributed by atoms with E-state index >= 15 is 4.39 Å². The molecule has 3 heterocycles. The molecule has 1 atom stereocenters. The number of halogens is 2.